The monoisotopic (exact) mass is 303 g/mol. The van der Waals surface area contributed by atoms with Gasteiger partial charge in [0, 0.05) is 32.2 Å². The highest BCUT2D eigenvalue weighted by Gasteiger charge is 2.30. The number of carbonyl (C=O) groups is 1. The number of carbonyl (C=O) groups excluding carboxylic acids is 1. The molecule has 0 aliphatic carbocycles. The molecule has 20 heavy (non-hydrogen) atoms. The molecule has 0 bridgehead atoms. The molecule has 1 unspecified atom stereocenters. The lowest BCUT2D eigenvalue weighted by Gasteiger charge is -2.35. The molecule has 0 aromatic heterocycles. The van der Waals surface area contributed by atoms with Crippen LogP contribution in [0.1, 0.15) is 26.2 Å². The van der Waals surface area contributed by atoms with Crippen LogP contribution in [-0.2, 0) is 9.84 Å². The molecule has 2 rings (SSSR count). The summed E-state index contributed by atoms with van der Waals surface area (Å²) in [5.41, 5.74) is 0. The third-order valence-corrected chi connectivity index (χ3v) is 5.82. The molecule has 2 fully saturated rings. The van der Waals surface area contributed by atoms with E-state index in [0.717, 1.165) is 32.7 Å². The Balaban J connectivity index is 1.72. The van der Waals surface area contributed by atoms with Gasteiger partial charge in [0.2, 0.25) is 0 Å². The predicted molar refractivity (Wildman–Crippen MR) is 78.5 cm³/mol. The van der Waals surface area contributed by atoms with Crippen molar-refractivity contribution >= 4 is 15.9 Å². The molecular weight excluding hydrogens is 278 g/mol. The summed E-state index contributed by atoms with van der Waals surface area (Å²) in [6.45, 7) is 6.57. The van der Waals surface area contributed by atoms with E-state index in [1.807, 2.05) is 0 Å². The highest BCUT2D eigenvalue weighted by molar-refractivity contribution is 7.91. The highest BCUT2D eigenvalue weighted by atomic mass is 32.2. The molecule has 0 radical (unpaired) electrons. The summed E-state index contributed by atoms with van der Waals surface area (Å²) in [6, 6.07) is -0.312. The van der Waals surface area contributed by atoms with Crippen molar-refractivity contribution in [3.63, 3.8) is 0 Å². The lowest BCUT2D eigenvalue weighted by atomic mass is 10.2. The average molecular weight is 303 g/mol. The number of rotatable bonds is 4. The number of nitrogens with one attached hydrogen (secondary N) is 1. The number of amides is 2. The molecule has 116 valence electrons. The van der Waals surface area contributed by atoms with Crippen molar-refractivity contribution in [2.45, 2.75) is 32.2 Å². The van der Waals surface area contributed by atoms with Gasteiger partial charge in [0.05, 0.1) is 11.5 Å². The van der Waals surface area contributed by atoms with Crippen LogP contribution in [0.25, 0.3) is 0 Å². The Labute approximate surface area is 121 Å². The van der Waals surface area contributed by atoms with E-state index in [4.69, 9.17) is 0 Å². The first kappa shape index (κ1) is 15.6. The lowest BCUT2D eigenvalue weighted by Crippen LogP contribution is -2.53. The molecule has 2 aliphatic rings. The first-order chi connectivity index (χ1) is 9.50. The van der Waals surface area contributed by atoms with Crippen LogP contribution in [0.5, 0.6) is 0 Å². The fraction of sp³-hybridized carbons (Fsp3) is 0.923. The van der Waals surface area contributed by atoms with E-state index in [0.29, 0.717) is 6.42 Å². The van der Waals surface area contributed by atoms with Crippen LogP contribution < -0.4 is 5.32 Å². The van der Waals surface area contributed by atoms with E-state index >= 15 is 0 Å². The van der Waals surface area contributed by atoms with Crippen molar-refractivity contribution in [3.05, 3.63) is 0 Å². The van der Waals surface area contributed by atoms with Crippen molar-refractivity contribution in [1.82, 2.24) is 15.1 Å². The normalized spacial score (nSPS) is 26.6. The molecule has 2 heterocycles. The summed E-state index contributed by atoms with van der Waals surface area (Å²) in [7, 11) is -2.93. The number of piperazine rings is 1. The zero-order valence-electron chi connectivity index (χ0n) is 12.2. The van der Waals surface area contributed by atoms with Gasteiger partial charge in [-0.2, -0.15) is 0 Å². The molecular formula is C13H25N3O3S. The maximum absolute atomic E-state index is 12.1. The second-order valence-corrected chi connectivity index (χ2v) is 7.96. The van der Waals surface area contributed by atoms with E-state index < -0.39 is 9.84 Å². The van der Waals surface area contributed by atoms with Gasteiger partial charge in [-0.3, -0.25) is 4.90 Å². The Kier molecular flexibility index (Phi) is 5.26. The Morgan fingerprint density at radius 3 is 2.50 bits per heavy atom. The number of unbranched alkanes of at least 4 members (excludes halogenated alkanes) is 1. The molecule has 0 aromatic rings. The molecule has 1 N–H and O–H groups in total. The zero-order chi connectivity index (χ0) is 14.6. The zero-order valence-corrected chi connectivity index (χ0v) is 13.0. The van der Waals surface area contributed by atoms with Gasteiger partial charge < -0.3 is 10.2 Å². The van der Waals surface area contributed by atoms with Crippen molar-refractivity contribution in [3.8, 4) is 0 Å². The van der Waals surface area contributed by atoms with Gasteiger partial charge in [-0.25, -0.2) is 13.2 Å². The van der Waals surface area contributed by atoms with Crippen molar-refractivity contribution in [1.29, 1.82) is 0 Å². The quantitative estimate of drug-likeness (QED) is 0.811. The number of hydrogen-bond donors (Lipinski definition) is 1. The van der Waals surface area contributed by atoms with Gasteiger partial charge in [-0.15, -0.1) is 0 Å². The summed E-state index contributed by atoms with van der Waals surface area (Å²) < 4.78 is 22.7. The lowest BCUT2D eigenvalue weighted by molar-refractivity contribution is 0.137. The van der Waals surface area contributed by atoms with Crippen molar-refractivity contribution in [2.75, 3.05) is 44.2 Å². The van der Waals surface area contributed by atoms with Gasteiger partial charge in [0.1, 0.15) is 0 Å². The van der Waals surface area contributed by atoms with E-state index in [1.165, 1.54) is 12.8 Å². The van der Waals surface area contributed by atoms with Crippen LogP contribution in [0.4, 0.5) is 4.79 Å². The standard InChI is InChI=1S/C13H25N3O3S/c1-2-3-5-15-6-8-16(9-7-15)13(17)14-12-4-10-20(18,19)11-12/h12H,2-11H2,1H3,(H,14,17). The molecule has 0 aromatic carbocycles. The van der Waals surface area contributed by atoms with Gasteiger partial charge >= 0.3 is 6.03 Å². The maximum Gasteiger partial charge on any atom is 0.317 e. The Morgan fingerprint density at radius 2 is 1.95 bits per heavy atom. The Morgan fingerprint density at radius 1 is 1.25 bits per heavy atom. The second kappa shape index (κ2) is 6.76. The molecule has 0 spiro atoms. The van der Waals surface area contributed by atoms with Crippen LogP contribution in [-0.4, -0.2) is 74.5 Å². The average Bonchev–Trinajstić information content (AvgIpc) is 2.76. The van der Waals surface area contributed by atoms with E-state index in [9.17, 15) is 13.2 Å². The largest absolute Gasteiger partial charge is 0.334 e. The van der Waals surface area contributed by atoms with E-state index in [-0.39, 0.29) is 23.6 Å². The molecule has 2 amide bonds. The van der Waals surface area contributed by atoms with Gasteiger partial charge in [-0.1, -0.05) is 13.3 Å². The van der Waals surface area contributed by atoms with Crippen LogP contribution >= 0.6 is 0 Å². The molecule has 0 saturated carbocycles. The Bertz CT molecular complexity index is 430. The molecule has 6 nitrogen and oxygen atoms in total. The Hall–Kier alpha value is -0.820. The van der Waals surface area contributed by atoms with Crippen molar-refractivity contribution in [2.24, 2.45) is 0 Å². The third kappa shape index (κ3) is 4.34. The highest BCUT2D eigenvalue weighted by Crippen LogP contribution is 2.12. The minimum atomic E-state index is -2.93. The van der Waals surface area contributed by atoms with Gasteiger partial charge in [-0.05, 0) is 19.4 Å². The summed E-state index contributed by atoms with van der Waals surface area (Å²) in [5, 5.41) is 2.85. The molecule has 1 atom stereocenters. The summed E-state index contributed by atoms with van der Waals surface area (Å²) >= 11 is 0. The molecule has 7 heteroatoms. The minimum Gasteiger partial charge on any atom is -0.334 e. The first-order valence-corrected chi connectivity index (χ1v) is 9.30. The van der Waals surface area contributed by atoms with Crippen LogP contribution in [0.15, 0.2) is 0 Å². The fourth-order valence-corrected chi connectivity index (χ4v) is 4.40. The van der Waals surface area contributed by atoms with Crippen LogP contribution in [0, 0.1) is 0 Å². The van der Waals surface area contributed by atoms with Gasteiger partial charge in [0.15, 0.2) is 9.84 Å². The summed E-state index contributed by atoms with van der Waals surface area (Å²) in [4.78, 5) is 16.3. The predicted octanol–water partition coefficient (Wildman–Crippen LogP) is 0.301. The number of urea groups is 1. The summed E-state index contributed by atoms with van der Waals surface area (Å²) in [6.07, 6.45) is 2.94. The van der Waals surface area contributed by atoms with Crippen LogP contribution in [0.2, 0.25) is 0 Å². The molecule has 2 saturated heterocycles. The summed E-state index contributed by atoms with van der Waals surface area (Å²) in [5.74, 6) is 0.290. The fourth-order valence-electron chi connectivity index (χ4n) is 2.73. The third-order valence-electron chi connectivity index (χ3n) is 4.05. The number of nitrogens with zero attached hydrogens (tertiary/aromatic N) is 2. The molecule has 2 aliphatic heterocycles. The van der Waals surface area contributed by atoms with Crippen LogP contribution in [0.3, 0.4) is 0 Å². The number of hydrogen-bond acceptors (Lipinski definition) is 4. The smallest absolute Gasteiger partial charge is 0.317 e. The number of sulfone groups is 1. The minimum absolute atomic E-state index is 0.0925. The second-order valence-electron chi connectivity index (χ2n) is 5.73. The SMILES string of the molecule is CCCCN1CCN(C(=O)NC2CCS(=O)(=O)C2)CC1. The topological polar surface area (TPSA) is 69.7 Å². The first-order valence-electron chi connectivity index (χ1n) is 7.48. The maximum atomic E-state index is 12.1. The van der Waals surface area contributed by atoms with E-state index in [1.54, 1.807) is 4.90 Å². The van der Waals surface area contributed by atoms with E-state index in [2.05, 4.69) is 17.1 Å². The van der Waals surface area contributed by atoms with Gasteiger partial charge in [0.25, 0.3) is 0 Å². The van der Waals surface area contributed by atoms with Crippen molar-refractivity contribution < 1.29 is 13.2 Å².